The first-order chi connectivity index (χ1) is 8.06. The molecule has 0 spiro atoms. The molecule has 0 aromatic rings. The second-order valence-electron chi connectivity index (χ2n) is 5.22. The summed E-state index contributed by atoms with van der Waals surface area (Å²) < 4.78 is 5.44. The van der Waals surface area contributed by atoms with Gasteiger partial charge in [-0.25, -0.2) is 0 Å². The number of esters is 1. The third kappa shape index (κ3) is 6.70. The van der Waals surface area contributed by atoms with Crippen LogP contribution in [0.1, 0.15) is 66.7 Å². The third-order valence-electron chi connectivity index (χ3n) is 3.87. The lowest BCUT2D eigenvalue weighted by Gasteiger charge is -2.19. The van der Waals surface area contributed by atoms with Crippen LogP contribution in [0.4, 0.5) is 0 Å². The lowest BCUT2D eigenvalue weighted by Crippen LogP contribution is -2.23. The van der Waals surface area contributed by atoms with Crippen molar-refractivity contribution in [2.75, 3.05) is 6.61 Å². The summed E-state index contributed by atoms with van der Waals surface area (Å²) in [6, 6.07) is 0. The Morgan fingerprint density at radius 2 is 1.76 bits per heavy atom. The van der Waals surface area contributed by atoms with Gasteiger partial charge < -0.3 is 4.74 Å². The SMILES string of the molecule is CCCCC(CC)COC(=O)C(C)C(C)CC. The molecule has 3 unspecified atom stereocenters. The van der Waals surface area contributed by atoms with E-state index < -0.39 is 0 Å². The van der Waals surface area contributed by atoms with Crippen molar-refractivity contribution < 1.29 is 9.53 Å². The molecule has 0 heterocycles. The topological polar surface area (TPSA) is 26.3 Å². The van der Waals surface area contributed by atoms with Crippen LogP contribution in [0.15, 0.2) is 0 Å². The molecule has 0 aromatic heterocycles. The Hall–Kier alpha value is -0.530. The number of carbonyl (C=O) groups is 1. The van der Waals surface area contributed by atoms with Gasteiger partial charge in [0.25, 0.3) is 0 Å². The number of hydrogen-bond acceptors (Lipinski definition) is 2. The summed E-state index contributed by atoms with van der Waals surface area (Å²) in [6.07, 6.45) is 5.76. The van der Waals surface area contributed by atoms with Crippen molar-refractivity contribution in [3.05, 3.63) is 0 Å². The van der Waals surface area contributed by atoms with Gasteiger partial charge in [-0.2, -0.15) is 0 Å². The summed E-state index contributed by atoms with van der Waals surface area (Å²) in [6.45, 7) is 11.2. The minimum absolute atomic E-state index is 0.0192. The minimum atomic E-state index is -0.0192. The van der Waals surface area contributed by atoms with Crippen molar-refractivity contribution >= 4 is 5.97 Å². The lowest BCUT2D eigenvalue weighted by atomic mass is 9.94. The van der Waals surface area contributed by atoms with Crippen molar-refractivity contribution in [3.8, 4) is 0 Å². The zero-order valence-corrected chi connectivity index (χ0v) is 12.3. The summed E-state index contributed by atoms with van der Waals surface area (Å²) in [7, 11) is 0. The molecule has 0 saturated heterocycles. The molecular formula is C15H30O2. The number of hydrogen-bond donors (Lipinski definition) is 0. The normalized spacial score (nSPS) is 16.3. The van der Waals surface area contributed by atoms with E-state index in [0.29, 0.717) is 18.4 Å². The summed E-state index contributed by atoms with van der Waals surface area (Å²) in [5.41, 5.74) is 0. The molecule has 0 aromatic carbocycles. The Morgan fingerprint density at radius 1 is 1.12 bits per heavy atom. The number of unbranched alkanes of at least 4 members (excludes halogenated alkanes) is 1. The standard InChI is InChI=1S/C15H30O2/c1-6-9-10-14(8-3)11-17-15(16)13(5)12(4)7-2/h12-14H,6-11H2,1-5H3. The molecule has 0 bridgehead atoms. The predicted octanol–water partition coefficient (Wildman–Crippen LogP) is 4.43. The van der Waals surface area contributed by atoms with E-state index in [4.69, 9.17) is 4.74 Å². The van der Waals surface area contributed by atoms with E-state index in [0.717, 1.165) is 12.8 Å². The molecule has 0 fully saturated rings. The molecule has 0 aliphatic carbocycles. The Labute approximate surface area is 107 Å². The van der Waals surface area contributed by atoms with Gasteiger partial charge in [0.2, 0.25) is 0 Å². The minimum Gasteiger partial charge on any atom is -0.465 e. The molecule has 2 nitrogen and oxygen atoms in total. The molecular weight excluding hydrogens is 212 g/mol. The third-order valence-corrected chi connectivity index (χ3v) is 3.87. The van der Waals surface area contributed by atoms with Crippen LogP contribution in [0.25, 0.3) is 0 Å². The Bertz CT molecular complexity index is 201. The van der Waals surface area contributed by atoms with Crippen LogP contribution in [0.2, 0.25) is 0 Å². The maximum absolute atomic E-state index is 11.8. The molecule has 2 heteroatoms. The Morgan fingerprint density at radius 3 is 2.24 bits per heavy atom. The van der Waals surface area contributed by atoms with E-state index in [9.17, 15) is 4.79 Å². The molecule has 0 rings (SSSR count). The van der Waals surface area contributed by atoms with Gasteiger partial charge in [0.05, 0.1) is 12.5 Å². The highest BCUT2D eigenvalue weighted by atomic mass is 16.5. The number of carbonyl (C=O) groups excluding carboxylic acids is 1. The molecule has 17 heavy (non-hydrogen) atoms. The molecule has 0 aliphatic rings. The molecule has 102 valence electrons. The molecule has 0 saturated carbocycles. The van der Waals surface area contributed by atoms with E-state index in [-0.39, 0.29) is 11.9 Å². The highest BCUT2D eigenvalue weighted by Crippen LogP contribution is 2.18. The molecule has 3 atom stereocenters. The van der Waals surface area contributed by atoms with Crippen LogP contribution in [0, 0.1) is 17.8 Å². The number of ether oxygens (including phenoxy) is 1. The first-order valence-corrected chi connectivity index (χ1v) is 7.23. The molecule has 0 amide bonds. The predicted molar refractivity (Wildman–Crippen MR) is 72.9 cm³/mol. The summed E-state index contributed by atoms with van der Waals surface area (Å²) in [5.74, 6) is 0.972. The molecule has 0 N–H and O–H groups in total. The van der Waals surface area contributed by atoms with Crippen molar-refractivity contribution in [2.24, 2.45) is 17.8 Å². The van der Waals surface area contributed by atoms with Gasteiger partial charge in [-0.05, 0) is 18.3 Å². The fourth-order valence-electron chi connectivity index (χ4n) is 1.82. The first kappa shape index (κ1) is 16.5. The summed E-state index contributed by atoms with van der Waals surface area (Å²) in [5, 5.41) is 0. The lowest BCUT2D eigenvalue weighted by molar-refractivity contribution is -0.151. The second-order valence-corrected chi connectivity index (χ2v) is 5.22. The maximum atomic E-state index is 11.8. The van der Waals surface area contributed by atoms with Gasteiger partial charge in [-0.1, -0.05) is 60.3 Å². The van der Waals surface area contributed by atoms with Gasteiger partial charge in [0.15, 0.2) is 0 Å². The van der Waals surface area contributed by atoms with Crippen LogP contribution >= 0.6 is 0 Å². The smallest absolute Gasteiger partial charge is 0.308 e. The van der Waals surface area contributed by atoms with Gasteiger partial charge in [0.1, 0.15) is 0 Å². The largest absolute Gasteiger partial charge is 0.465 e. The van der Waals surface area contributed by atoms with Crippen molar-refractivity contribution in [3.63, 3.8) is 0 Å². The van der Waals surface area contributed by atoms with Crippen LogP contribution < -0.4 is 0 Å². The quantitative estimate of drug-likeness (QED) is 0.559. The highest BCUT2D eigenvalue weighted by Gasteiger charge is 2.21. The van der Waals surface area contributed by atoms with E-state index in [1.165, 1.54) is 19.3 Å². The highest BCUT2D eigenvalue weighted by molar-refractivity contribution is 5.72. The second kappa shape index (κ2) is 9.49. The Kier molecular flexibility index (Phi) is 9.20. The van der Waals surface area contributed by atoms with Gasteiger partial charge in [-0.3, -0.25) is 4.79 Å². The van der Waals surface area contributed by atoms with E-state index in [1.807, 2.05) is 6.92 Å². The zero-order valence-electron chi connectivity index (χ0n) is 12.3. The summed E-state index contributed by atoms with van der Waals surface area (Å²) >= 11 is 0. The van der Waals surface area contributed by atoms with Crippen LogP contribution in [0.3, 0.4) is 0 Å². The van der Waals surface area contributed by atoms with E-state index in [2.05, 4.69) is 27.7 Å². The fourth-order valence-corrected chi connectivity index (χ4v) is 1.82. The van der Waals surface area contributed by atoms with Gasteiger partial charge in [-0.15, -0.1) is 0 Å². The maximum Gasteiger partial charge on any atom is 0.308 e. The van der Waals surface area contributed by atoms with Crippen molar-refractivity contribution in [1.82, 2.24) is 0 Å². The molecule has 0 aliphatic heterocycles. The van der Waals surface area contributed by atoms with Crippen molar-refractivity contribution in [2.45, 2.75) is 66.7 Å². The fraction of sp³-hybridized carbons (Fsp3) is 0.933. The van der Waals surface area contributed by atoms with Crippen LogP contribution in [0.5, 0.6) is 0 Å². The summed E-state index contributed by atoms with van der Waals surface area (Å²) in [4.78, 5) is 11.8. The van der Waals surface area contributed by atoms with Crippen LogP contribution in [-0.4, -0.2) is 12.6 Å². The van der Waals surface area contributed by atoms with Crippen molar-refractivity contribution in [1.29, 1.82) is 0 Å². The van der Waals surface area contributed by atoms with Crippen LogP contribution in [-0.2, 0) is 9.53 Å². The van der Waals surface area contributed by atoms with E-state index >= 15 is 0 Å². The average Bonchev–Trinajstić information content (AvgIpc) is 2.36. The van der Waals surface area contributed by atoms with Gasteiger partial charge >= 0.3 is 5.97 Å². The molecule has 0 radical (unpaired) electrons. The van der Waals surface area contributed by atoms with Gasteiger partial charge in [0, 0.05) is 0 Å². The Balaban J connectivity index is 3.95. The zero-order chi connectivity index (χ0) is 13.3. The average molecular weight is 242 g/mol. The number of rotatable bonds is 9. The first-order valence-electron chi connectivity index (χ1n) is 7.23. The van der Waals surface area contributed by atoms with E-state index in [1.54, 1.807) is 0 Å². The monoisotopic (exact) mass is 242 g/mol.